The van der Waals surface area contributed by atoms with Gasteiger partial charge in [-0.3, -0.25) is 4.79 Å². The van der Waals surface area contributed by atoms with Crippen molar-refractivity contribution in [1.82, 2.24) is 0 Å². The van der Waals surface area contributed by atoms with E-state index in [9.17, 15) is 10.1 Å². The molecular weight excluding hydrogens is 272 g/mol. The van der Waals surface area contributed by atoms with Gasteiger partial charge < -0.3 is 5.32 Å². The Labute approximate surface area is 125 Å². The largest absolute Gasteiger partial charge is 0.323 e. The van der Waals surface area contributed by atoms with Crippen molar-refractivity contribution >= 4 is 23.2 Å². The summed E-state index contributed by atoms with van der Waals surface area (Å²) in [6, 6.07) is 7.67. The molecule has 0 saturated carbocycles. The van der Waals surface area contributed by atoms with Gasteiger partial charge in [-0.2, -0.15) is 5.26 Å². The van der Waals surface area contributed by atoms with E-state index in [-0.39, 0.29) is 5.91 Å². The van der Waals surface area contributed by atoms with E-state index in [4.69, 9.17) is 11.6 Å². The Morgan fingerprint density at radius 1 is 1.35 bits per heavy atom. The summed E-state index contributed by atoms with van der Waals surface area (Å²) in [6.45, 7) is 5.90. The molecule has 1 aromatic rings. The van der Waals surface area contributed by atoms with Crippen LogP contribution in [0.3, 0.4) is 0 Å². The lowest BCUT2D eigenvalue weighted by molar-refractivity contribution is -0.123. The molecule has 0 aliphatic rings. The van der Waals surface area contributed by atoms with E-state index in [1.807, 2.05) is 26.8 Å². The molecule has 0 unspecified atom stereocenters. The summed E-state index contributed by atoms with van der Waals surface area (Å²) < 4.78 is 0. The lowest BCUT2D eigenvalue weighted by Gasteiger charge is -2.24. The molecule has 0 saturated heterocycles. The Hall–Kier alpha value is -1.53. The number of anilines is 1. The van der Waals surface area contributed by atoms with Crippen molar-refractivity contribution in [1.29, 1.82) is 5.26 Å². The van der Waals surface area contributed by atoms with Crippen LogP contribution in [0.1, 0.15) is 45.1 Å². The monoisotopic (exact) mass is 292 g/mol. The lowest BCUT2D eigenvalue weighted by atomic mass is 9.79. The van der Waals surface area contributed by atoms with Gasteiger partial charge in [0.25, 0.3) is 0 Å². The number of nitriles is 1. The topological polar surface area (TPSA) is 52.9 Å². The van der Waals surface area contributed by atoms with Crippen molar-refractivity contribution in [2.45, 2.75) is 46.5 Å². The van der Waals surface area contributed by atoms with Crippen molar-refractivity contribution < 1.29 is 4.79 Å². The predicted molar refractivity (Wildman–Crippen MR) is 82.7 cm³/mol. The number of hydrogen-bond acceptors (Lipinski definition) is 2. The fraction of sp³-hybridized carbons (Fsp3) is 0.500. The molecule has 0 aromatic heterocycles. The van der Waals surface area contributed by atoms with Crippen LogP contribution in [0, 0.1) is 23.7 Å². The van der Waals surface area contributed by atoms with Gasteiger partial charge in [0.2, 0.25) is 5.91 Å². The van der Waals surface area contributed by atoms with Gasteiger partial charge in [0, 0.05) is 0 Å². The molecule has 3 nitrogen and oxygen atoms in total. The van der Waals surface area contributed by atoms with Gasteiger partial charge in [0.1, 0.15) is 5.41 Å². The summed E-state index contributed by atoms with van der Waals surface area (Å²) in [5.41, 5.74) is 0.633. The van der Waals surface area contributed by atoms with Gasteiger partial charge in [-0.1, -0.05) is 44.4 Å². The highest BCUT2D eigenvalue weighted by atomic mass is 35.5. The predicted octanol–water partition coefficient (Wildman–Crippen LogP) is 4.70. The standard InChI is InChI=1S/C16H21ClN2O/c1-4-8-16(11-18,9-5-2)15(20)19-14-7-6-12(3)10-13(14)17/h6-7,10H,4-5,8-9H2,1-3H3,(H,19,20). The van der Waals surface area contributed by atoms with Gasteiger partial charge >= 0.3 is 0 Å². The van der Waals surface area contributed by atoms with E-state index in [0.717, 1.165) is 18.4 Å². The molecule has 1 aromatic carbocycles. The van der Waals surface area contributed by atoms with E-state index >= 15 is 0 Å². The summed E-state index contributed by atoms with van der Waals surface area (Å²) in [7, 11) is 0. The van der Waals surface area contributed by atoms with E-state index in [1.54, 1.807) is 12.1 Å². The zero-order valence-corrected chi connectivity index (χ0v) is 13.0. The third kappa shape index (κ3) is 3.74. The summed E-state index contributed by atoms with van der Waals surface area (Å²) in [4.78, 5) is 12.5. The second-order valence-corrected chi connectivity index (χ2v) is 5.54. The van der Waals surface area contributed by atoms with Gasteiger partial charge in [-0.15, -0.1) is 0 Å². The van der Waals surface area contributed by atoms with Crippen molar-refractivity contribution in [3.63, 3.8) is 0 Å². The second kappa shape index (κ2) is 7.31. The number of carbonyl (C=O) groups is 1. The number of rotatable bonds is 6. The van der Waals surface area contributed by atoms with Crippen LogP contribution < -0.4 is 5.32 Å². The fourth-order valence-electron chi connectivity index (χ4n) is 2.33. The Morgan fingerprint density at radius 3 is 2.40 bits per heavy atom. The van der Waals surface area contributed by atoms with E-state index < -0.39 is 5.41 Å². The Morgan fingerprint density at radius 2 is 1.95 bits per heavy atom. The maximum Gasteiger partial charge on any atom is 0.244 e. The Bertz CT molecular complexity index is 514. The molecule has 0 aliphatic heterocycles. The van der Waals surface area contributed by atoms with Crippen LogP contribution in [-0.2, 0) is 4.79 Å². The van der Waals surface area contributed by atoms with E-state index in [0.29, 0.717) is 23.6 Å². The molecule has 1 amide bonds. The third-order valence-electron chi connectivity index (χ3n) is 3.38. The summed E-state index contributed by atoms with van der Waals surface area (Å²) in [5.74, 6) is -0.255. The molecule has 0 bridgehead atoms. The molecule has 108 valence electrons. The van der Waals surface area contributed by atoms with Gasteiger partial charge in [0.15, 0.2) is 0 Å². The van der Waals surface area contributed by atoms with Crippen molar-refractivity contribution in [2.75, 3.05) is 5.32 Å². The molecular formula is C16H21ClN2O. The van der Waals surface area contributed by atoms with Gasteiger partial charge in [-0.05, 0) is 37.5 Å². The van der Waals surface area contributed by atoms with Crippen molar-refractivity contribution in [3.8, 4) is 6.07 Å². The zero-order valence-electron chi connectivity index (χ0n) is 12.3. The molecule has 0 atom stereocenters. The molecule has 20 heavy (non-hydrogen) atoms. The minimum atomic E-state index is -0.961. The molecule has 4 heteroatoms. The lowest BCUT2D eigenvalue weighted by Crippen LogP contribution is -2.35. The first-order chi connectivity index (χ1) is 9.49. The van der Waals surface area contributed by atoms with Crippen LogP contribution in [0.15, 0.2) is 18.2 Å². The van der Waals surface area contributed by atoms with Gasteiger partial charge in [0.05, 0.1) is 16.8 Å². The number of aryl methyl sites for hydroxylation is 1. The van der Waals surface area contributed by atoms with Crippen molar-refractivity contribution in [2.24, 2.45) is 5.41 Å². The number of hydrogen-bond donors (Lipinski definition) is 1. The van der Waals surface area contributed by atoms with E-state index in [1.165, 1.54) is 0 Å². The minimum absolute atomic E-state index is 0.255. The molecule has 0 spiro atoms. The average Bonchev–Trinajstić information content (AvgIpc) is 2.41. The molecule has 0 aliphatic carbocycles. The summed E-state index contributed by atoms with van der Waals surface area (Å²) in [5, 5.41) is 12.8. The molecule has 0 fully saturated rings. The van der Waals surface area contributed by atoms with Crippen molar-refractivity contribution in [3.05, 3.63) is 28.8 Å². The molecule has 0 heterocycles. The second-order valence-electron chi connectivity index (χ2n) is 5.13. The molecule has 0 radical (unpaired) electrons. The smallest absolute Gasteiger partial charge is 0.244 e. The quantitative estimate of drug-likeness (QED) is 0.826. The van der Waals surface area contributed by atoms with Crippen LogP contribution in [0.2, 0.25) is 5.02 Å². The number of carbonyl (C=O) groups excluding carboxylic acids is 1. The first-order valence-corrected chi connectivity index (χ1v) is 7.35. The highest BCUT2D eigenvalue weighted by Gasteiger charge is 2.37. The summed E-state index contributed by atoms with van der Waals surface area (Å²) >= 11 is 6.12. The number of benzene rings is 1. The Balaban J connectivity index is 2.99. The summed E-state index contributed by atoms with van der Waals surface area (Å²) in [6.07, 6.45) is 2.71. The van der Waals surface area contributed by atoms with Crippen LogP contribution in [0.4, 0.5) is 5.69 Å². The Kier molecular flexibility index (Phi) is 6.04. The van der Waals surface area contributed by atoms with Crippen LogP contribution in [0.25, 0.3) is 0 Å². The maximum absolute atomic E-state index is 12.5. The average molecular weight is 293 g/mol. The van der Waals surface area contributed by atoms with Crippen LogP contribution >= 0.6 is 11.6 Å². The minimum Gasteiger partial charge on any atom is -0.323 e. The normalized spacial score (nSPS) is 10.9. The van der Waals surface area contributed by atoms with Gasteiger partial charge in [-0.25, -0.2) is 0 Å². The van der Waals surface area contributed by atoms with E-state index in [2.05, 4.69) is 11.4 Å². The highest BCUT2D eigenvalue weighted by Crippen LogP contribution is 2.32. The first-order valence-electron chi connectivity index (χ1n) is 6.98. The number of nitrogens with one attached hydrogen (secondary N) is 1. The first kappa shape index (κ1) is 16.5. The van der Waals surface area contributed by atoms with Crippen LogP contribution in [-0.4, -0.2) is 5.91 Å². The number of nitrogens with zero attached hydrogens (tertiary/aromatic N) is 1. The fourth-order valence-corrected chi connectivity index (χ4v) is 2.61. The van der Waals surface area contributed by atoms with Crippen LogP contribution in [0.5, 0.6) is 0 Å². The SMILES string of the molecule is CCCC(C#N)(CCC)C(=O)Nc1ccc(C)cc1Cl. The molecule has 1 rings (SSSR count). The zero-order chi connectivity index (χ0) is 15.2. The third-order valence-corrected chi connectivity index (χ3v) is 3.69. The highest BCUT2D eigenvalue weighted by molar-refractivity contribution is 6.33. The molecule has 1 N–H and O–H groups in total. The maximum atomic E-state index is 12.5. The number of amides is 1. The number of halogens is 1.